The van der Waals surface area contributed by atoms with Crippen LogP contribution >= 0.6 is 23.2 Å². The Kier molecular flexibility index (Phi) is 3.33. The van der Waals surface area contributed by atoms with Crippen LogP contribution in [0.15, 0.2) is 18.2 Å². The summed E-state index contributed by atoms with van der Waals surface area (Å²) >= 11 is 12.3. The van der Waals surface area contributed by atoms with Gasteiger partial charge in [-0.3, -0.25) is 4.98 Å². The number of rotatable bonds is 2. The lowest BCUT2D eigenvalue weighted by Gasteiger charge is -2.08. The maximum Gasteiger partial charge on any atom is 0.0909 e. The van der Waals surface area contributed by atoms with E-state index in [1.807, 2.05) is 13.0 Å². The Balaban J connectivity index is 2.76. The van der Waals surface area contributed by atoms with E-state index in [9.17, 15) is 0 Å². The van der Waals surface area contributed by atoms with Gasteiger partial charge in [0.15, 0.2) is 0 Å². The Morgan fingerprint density at radius 3 is 2.62 bits per heavy atom. The predicted molar refractivity (Wildman–Crippen MR) is 69.3 cm³/mol. The molecule has 0 saturated carbocycles. The van der Waals surface area contributed by atoms with Crippen LogP contribution in [0.3, 0.4) is 0 Å². The van der Waals surface area contributed by atoms with Gasteiger partial charge in [0, 0.05) is 17.5 Å². The molecule has 0 bridgehead atoms. The van der Waals surface area contributed by atoms with Crippen LogP contribution in [0, 0.1) is 6.92 Å². The van der Waals surface area contributed by atoms with E-state index >= 15 is 0 Å². The number of hydrogen-bond acceptors (Lipinski definition) is 2. The fourth-order valence-corrected chi connectivity index (χ4v) is 2.30. The van der Waals surface area contributed by atoms with Gasteiger partial charge in [-0.1, -0.05) is 23.2 Å². The van der Waals surface area contributed by atoms with Crippen molar-refractivity contribution < 1.29 is 0 Å². The maximum absolute atomic E-state index is 6.14. The Hall–Kier alpha value is -0.830. The molecule has 84 valence electrons. The summed E-state index contributed by atoms with van der Waals surface area (Å²) in [6.07, 6.45) is 0.750. The Labute approximate surface area is 104 Å². The van der Waals surface area contributed by atoms with E-state index in [1.54, 1.807) is 12.1 Å². The van der Waals surface area contributed by atoms with Gasteiger partial charge >= 0.3 is 0 Å². The van der Waals surface area contributed by atoms with Crippen molar-refractivity contribution in [2.75, 3.05) is 6.54 Å². The fourth-order valence-electron chi connectivity index (χ4n) is 1.80. The molecule has 0 saturated heterocycles. The first-order valence-electron chi connectivity index (χ1n) is 5.08. The Bertz CT molecular complexity index is 538. The molecular weight excluding hydrogens is 243 g/mol. The van der Waals surface area contributed by atoms with E-state index < -0.39 is 0 Å². The summed E-state index contributed by atoms with van der Waals surface area (Å²) in [4.78, 5) is 4.49. The van der Waals surface area contributed by atoms with Crippen molar-refractivity contribution in [3.8, 4) is 0 Å². The lowest BCUT2D eigenvalue weighted by atomic mass is 10.1. The van der Waals surface area contributed by atoms with Crippen LogP contribution in [0.4, 0.5) is 0 Å². The zero-order chi connectivity index (χ0) is 11.7. The van der Waals surface area contributed by atoms with Gasteiger partial charge in [-0.15, -0.1) is 0 Å². The number of hydrogen-bond donors (Lipinski definition) is 1. The van der Waals surface area contributed by atoms with E-state index in [-0.39, 0.29) is 0 Å². The Morgan fingerprint density at radius 1 is 1.25 bits per heavy atom. The molecule has 1 aromatic carbocycles. The van der Waals surface area contributed by atoms with Crippen molar-refractivity contribution in [3.05, 3.63) is 39.5 Å². The molecule has 1 heterocycles. The van der Waals surface area contributed by atoms with Crippen LogP contribution in [0.1, 0.15) is 11.3 Å². The molecule has 0 aliphatic carbocycles. The second-order valence-corrected chi connectivity index (χ2v) is 4.54. The predicted octanol–water partition coefficient (Wildman–Crippen LogP) is 3.35. The smallest absolute Gasteiger partial charge is 0.0909 e. The molecule has 2 rings (SSSR count). The molecule has 4 heteroatoms. The van der Waals surface area contributed by atoms with Gasteiger partial charge in [0.1, 0.15) is 0 Å². The molecule has 16 heavy (non-hydrogen) atoms. The second-order valence-electron chi connectivity index (χ2n) is 3.72. The molecule has 0 unspecified atom stereocenters. The molecule has 1 aromatic heterocycles. The number of fused-ring (bicyclic) bond motifs is 1. The van der Waals surface area contributed by atoms with Gasteiger partial charge in [-0.2, -0.15) is 0 Å². The maximum atomic E-state index is 6.14. The van der Waals surface area contributed by atoms with Crippen LogP contribution in [-0.2, 0) is 6.42 Å². The van der Waals surface area contributed by atoms with Crippen molar-refractivity contribution in [1.29, 1.82) is 0 Å². The van der Waals surface area contributed by atoms with Crippen molar-refractivity contribution in [1.82, 2.24) is 4.98 Å². The van der Waals surface area contributed by atoms with Crippen molar-refractivity contribution in [2.45, 2.75) is 13.3 Å². The zero-order valence-electron chi connectivity index (χ0n) is 8.93. The first-order chi connectivity index (χ1) is 7.63. The highest BCUT2D eigenvalue weighted by atomic mass is 35.5. The normalized spacial score (nSPS) is 11.0. The summed E-state index contributed by atoms with van der Waals surface area (Å²) in [5, 5.41) is 2.24. The van der Waals surface area contributed by atoms with Crippen LogP contribution in [0.2, 0.25) is 10.0 Å². The minimum Gasteiger partial charge on any atom is -0.330 e. The van der Waals surface area contributed by atoms with E-state index in [0.29, 0.717) is 16.6 Å². The first kappa shape index (κ1) is 11.6. The number of nitrogens with zero attached hydrogens (tertiary/aromatic N) is 1. The number of pyridine rings is 1. The minimum absolute atomic E-state index is 0.579. The third-order valence-corrected chi connectivity index (χ3v) is 3.13. The molecule has 0 aliphatic rings. The largest absolute Gasteiger partial charge is 0.330 e. The van der Waals surface area contributed by atoms with Gasteiger partial charge in [-0.25, -0.2) is 0 Å². The van der Waals surface area contributed by atoms with Gasteiger partial charge in [-0.05, 0) is 37.2 Å². The molecule has 0 atom stereocenters. The van der Waals surface area contributed by atoms with Crippen molar-refractivity contribution in [3.63, 3.8) is 0 Å². The standard InChI is InChI=1S/C12H12Cl2N2/c1-7-6-8(4-5-15)16-12-10(14)3-2-9(13)11(7)12/h2-3,6H,4-5,15H2,1H3. The monoisotopic (exact) mass is 254 g/mol. The van der Waals surface area contributed by atoms with Gasteiger partial charge < -0.3 is 5.73 Å². The summed E-state index contributed by atoms with van der Waals surface area (Å²) in [5.41, 5.74) is 8.32. The molecule has 0 fully saturated rings. The lowest BCUT2D eigenvalue weighted by molar-refractivity contribution is 0.930. The van der Waals surface area contributed by atoms with Gasteiger partial charge in [0.05, 0.1) is 15.6 Å². The van der Waals surface area contributed by atoms with E-state index in [1.165, 1.54) is 0 Å². The SMILES string of the molecule is Cc1cc(CCN)nc2c(Cl)ccc(Cl)c12. The van der Waals surface area contributed by atoms with Crippen molar-refractivity contribution >= 4 is 34.1 Å². The number of halogens is 2. The van der Waals surface area contributed by atoms with Gasteiger partial charge in [0.25, 0.3) is 0 Å². The number of nitrogens with two attached hydrogens (primary N) is 1. The summed E-state index contributed by atoms with van der Waals surface area (Å²) < 4.78 is 0. The van der Waals surface area contributed by atoms with Gasteiger partial charge in [0.2, 0.25) is 0 Å². The minimum atomic E-state index is 0.579. The van der Waals surface area contributed by atoms with E-state index in [4.69, 9.17) is 28.9 Å². The molecule has 0 radical (unpaired) electrons. The molecule has 2 aromatic rings. The summed E-state index contributed by atoms with van der Waals surface area (Å²) in [5.74, 6) is 0. The highest BCUT2D eigenvalue weighted by Crippen LogP contribution is 2.31. The molecule has 0 aliphatic heterocycles. The second kappa shape index (κ2) is 4.58. The van der Waals surface area contributed by atoms with Crippen LogP contribution in [0.5, 0.6) is 0 Å². The fraction of sp³-hybridized carbons (Fsp3) is 0.250. The topological polar surface area (TPSA) is 38.9 Å². The third-order valence-electron chi connectivity index (χ3n) is 2.51. The summed E-state index contributed by atoms with van der Waals surface area (Å²) in [6.45, 7) is 2.59. The lowest BCUT2D eigenvalue weighted by Crippen LogP contribution is -2.05. The molecule has 2 nitrogen and oxygen atoms in total. The highest BCUT2D eigenvalue weighted by molar-refractivity contribution is 6.40. The van der Waals surface area contributed by atoms with Crippen molar-refractivity contribution in [2.24, 2.45) is 5.73 Å². The van der Waals surface area contributed by atoms with Crippen LogP contribution < -0.4 is 5.73 Å². The quantitative estimate of drug-likeness (QED) is 0.893. The summed E-state index contributed by atoms with van der Waals surface area (Å²) in [6, 6.07) is 5.58. The van der Waals surface area contributed by atoms with E-state index in [0.717, 1.165) is 28.6 Å². The Morgan fingerprint density at radius 2 is 1.94 bits per heavy atom. The molecule has 0 amide bonds. The molecule has 0 spiro atoms. The highest BCUT2D eigenvalue weighted by Gasteiger charge is 2.09. The molecule has 2 N–H and O–H groups in total. The third kappa shape index (κ3) is 2.01. The number of aromatic nitrogens is 1. The number of aryl methyl sites for hydroxylation is 1. The number of benzene rings is 1. The average Bonchev–Trinajstić information content (AvgIpc) is 2.23. The first-order valence-corrected chi connectivity index (χ1v) is 5.83. The van der Waals surface area contributed by atoms with Crippen LogP contribution in [0.25, 0.3) is 10.9 Å². The van der Waals surface area contributed by atoms with E-state index in [2.05, 4.69) is 4.98 Å². The van der Waals surface area contributed by atoms with Crippen LogP contribution in [-0.4, -0.2) is 11.5 Å². The molecular formula is C12H12Cl2N2. The summed E-state index contributed by atoms with van der Waals surface area (Å²) in [7, 11) is 0. The zero-order valence-corrected chi connectivity index (χ0v) is 10.4. The average molecular weight is 255 g/mol.